The van der Waals surface area contributed by atoms with Gasteiger partial charge in [0.1, 0.15) is 0 Å². The summed E-state index contributed by atoms with van der Waals surface area (Å²) in [6.07, 6.45) is 3.67. The lowest BCUT2D eigenvalue weighted by Gasteiger charge is -2.36. The Morgan fingerprint density at radius 3 is 2.44 bits per heavy atom. The van der Waals surface area contributed by atoms with Crippen molar-refractivity contribution in [1.82, 2.24) is 4.90 Å². The molecule has 106 valence electrons. The Kier molecular flexibility index (Phi) is 6.65. The molecule has 0 saturated carbocycles. The smallest absolute Gasteiger partial charge is 0.305 e. The molecule has 0 spiro atoms. The molecular weight excluding hydrogens is 230 g/mol. The van der Waals surface area contributed by atoms with Crippen LogP contribution in [0.1, 0.15) is 46.5 Å². The Bertz CT molecular complexity index is 247. The van der Waals surface area contributed by atoms with Crippen molar-refractivity contribution in [2.24, 2.45) is 5.92 Å². The summed E-state index contributed by atoms with van der Waals surface area (Å²) in [5.74, 6) is -0.0393. The second-order valence-electron chi connectivity index (χ2n) is 5.73. The number of carboxylic acid groups (broad SMARTS) is 1. The van der Waals surface area contributed by atoms with Gasteiger partial charge in [0, 0.05) is 19.1 Å². The number of hydrogen-bond acceptors (Lipinski definition) is 3. The second-order valence-corrected chi connectivity index (χ2v) is 5.73. The van der Waals surface area contributed by atoms with Gasteiger partial charge in [0.05, 0.1) is 19.1 Å². The van der Waals surface area contributed by atoms with E-state index < -0.39 is 5.97 Å². The van der Waals surface area contributed by atoms with Crippen molar-refractivity contribution < 1.29 is 14.6 Å². The minimum Gasteiger partial charge on any atom is -0.481 e. The van der Waals surface area contributed by atoms with E-state index in [9.17, 15) is 4.79 Å². The van der Waals surface area contributed by atoms with Gasteiger partial charge in [-0.2, -0.15) is 0 Å². The third kappa shape index (κ3) is 5.83. The molecule has 1 N–H and O–H groups in total. The molecule has 4 heteroatoms. The van der Waals surface area contributed by atoms with Crippen molar-refractivity contribution in [2.45, 2.75) is 58.6 Å². The Morgan fingerprint density at radius 1 is 1.33 bits per heavy atom. The van der Waals surface area contributed by atoms with E-state index in [1.165, 1.54) is 6.42 Å². The third-order valence-corrected chi connectivity index (χ3v) is 3.58. The van der Waals surface area contributed by atoms with E-state index in [-0.39, 0.29) is 12.5 Å². The lowest BCUT2D eigenvalue weighted by molar-refractivity contribution is -0.138. The number of ether oxygens (including phenoxy) is 1. The van der Waals surface area contributed by atoms with Crippen LogP contribution in [0.2, 0.25) is 0 Å². The molecule has 4 nitrogen and oxygen atoms in total. The van der Waals surface area contributed by atoms with E-state index in [1.807, 2.05) is 0 Å². The predicted molar refractivity (Wildman–Crippen MR) is 71.7 cm³/mol. The maximum Gasteiger partial charge on any atom is 0.305 e. The number of hydrogen-bond donors (Lipinski definition) is 1. The SMILES string of the molecule is CC(C)CC(C)N1CCC(OCCC(=O)O)CC1. The molecule has 1 fully saturated rings. The van der Waals surface area contributed by atoms with Gasteiger partial charge in [0.25, 0.3) is 0 Å². The molecule has 1 saturated heterocycles. The van der Waals surface area contributed by atoms with Crippen LogP contribution in [0.25, 0.3) is 0 Å². The topological polar surface area (TPSA) is 49.8 Å². The van der Waals surface area contributed by atoms with E-state index in [4.69, 9.17) is 9.84 Å². The molecule has 18 heavy (non-hydrogen) atoms. The van der Waals surface area contributed by atoms with Crippen LogP contribution in [-0.2, 0) is 9.53 Å². The molecule has 0 aromatic heterocycles. The Morgan fingerprint density at radius 2 is 1.94 bits per heavy atom. The largest absolute Gasteiger partial charge is 0.481 e. The first kappa shape index (κ1) is 15.4. The highest BCUT2D eigenvalue weighted by molar-refractivity contribution is 5.66. The molecule has 1 aliphatic rings. The van der Waals surface area contributed by atoms with Crippen molar-refractivity contribution in [3.05, 3.63) is 0 Å². The monoisotopic (exact) mass is 257 g/mol. The predicted octanol–water partition coefficient (Wildman–Crippen LogP) is 2.38. The summed E-state index contributed by atoms with van der Waals surface area (Å²) in [5.41, 5.74) is 0. The van der Waals surface area contributed by atoms with E-state index in [0.717, 1.165) is 31.8 Å². The number of likely N-dealkylation sites (tertiary alicyclic amines) is 1. The zero-order valence-corrected chi connectivity index (χ0v) is 11.9. The van der Waals surface area contributed by atoms with Gasteiger partial charge in [-0.25, -0.2) is 0 Å². The summed E-state index contributed by atoms with van der Waals surface area (Å²) in [6.45, 7) is 9.32. The molecule has 0 amide bonds. The summed E-state index contributed by atoms with van der Waals surface area (Å²) in [6, 6.07) is 0.643. The number of aliphatic carboxylic acids is 1. The van der Waals surface area contributed by atoms with Gasteiger partial charge in [-0.1, -0.05) is 13.8 Å². The molecule has 1 unspecified atom stereocenters. The molecule has 0 radical (unpaired) electrons. The van der Waals surface area contributed by atoms with Crippen LogP contribution in [0.5, 0.6) is 0 Å². The summed E-state index contributed by atoms with van der Waals surface area (Å²) in [5, 5.41) is 8.55. The maximum atomic E-state index is 10.4. The Hall–Kier alpha value is -0.610. The van der Waals surface area contributed by atoms with Gasteiger partial charge < -0.3 is 14.7 Å². The number of carbonyl (C=O) groups is 1. The quantitative estimate of drug-likeness (QED) is 0.760. The van der Waals surface area contributed by atoms with Crippen LogP contribution in [0.4, 0.5) is 0 Å². The second kappa shape index (κ2) is 7.74. The van der Waals surface area contributed by atoms with E-state index in [1.54, 1.807) is 0 Å². The average Bonchev–Trinajstić information content (AvgIpc) is 2.28. The summed E-state index contributed by atoms with van der Waals surface area (Å²) in [4.78, 5) is 12.9. The molecule has 0 aromatic rings. The Balaban J connectivity index is 2.18. The van der Waals surface area contributed by atoms with E-state index in [2.05, 4.69) is 25.7 Å². The standard InChI is InChI=1S/C14H27NO3/c1-11(2)10-12(3)15-7-4-13(5-8-15)18-9-6-14(16)17/h11-13H,4-10H2,1-3H3,(H,16,17). The highest BCUT2D eigenvalue weighted by atomic mass is 16.5. The molecule has 1 aliphatic heterocycles. The lowest BCUT2D eigenvalue weighted by Crippen LogP contribution is -2.42. The van der Waals surface area contributed by atoms with Gasteiger partial charge in [-0.15, -0.1) is 0 Å². The van der Waals surface area contributed by atoms with E-state index in [0.29, 0.717) is 12.6 Å². The van der Waals surface area contributed by atoms with Crippen LogP contribution in [-0.4, -0.2) is 47.8 Å². The van der Waals surface area contributed by atoms with Crippen LogP contribution < -0.4 is 0 Å². The third-order valence-electron chi connectivity index (χ3n) is 3.58. The summed E-state index contributed by atoms with van der Waals surface area (Å²) < 4.78 is 5.60. The van der Waals surface area contributed by atoms with Crippen molar-refractivity contribution in [2.75, 3.05) is 19.7 Å². The molecule has 1 heterocycles. The fraction of sp³-hybridized carbons (Fsp3) is 0.929. The summed E-state index contributed by atoms with van der Waals surface area (Å²) in [7, 11) is 0. The van der Waals surface area contributed by atoms with Crippen LogP contribution in [0, 0.1) is 5.92 Å². The van der Waals surface area contributed by atoms with Crippen LogP contribution >= 0.6 is 0 Å². The van der Waals surface area contributed by atoms with E-state index >= 15 is 0 Å². The van der Waals surface area contributed by atoms with Crippen LogP contribution in [0.15, 0.2) is 0 Å². The fourth-order valence-electron chi connectivity index (χ4n) is 2.63. The molecule has 0 aliphatic carbocycles. The first-order valence-corrected chi connectivity index (χ1v) is 7.06. The highest BCUT2D eigenvalue weighted by Gasteiger charge is 2.23. The fourth-order valence-corrected chi connectivity index (χ4v) is 2.63. The normalized spacial score (nSPS) is 20.2. The van der Waals surface area contributed by atoms with Gasteiger partial charge in [0.2, 0.25) is 0 Å². The van der Waals surface area contributed by atoms with Crippen molar-refractivity contribution in [3.8, 4) is 0 Å². The van der Waals surface area contributed by atoms with Crippen molar-refractivity contribution in [1.29, 1.82) is 0 Å². The van der Waals surface area contributed by atoms with Crippen molar-refractivity contribution >= 4 is 5.97 Å². The first-order valence-electron chi connectivity index (χ1n) is 7.06. The summed E-state index contributed by atoms with van der Waals surface area (Å²) >= 11 is 0. The molecule has 0 bridgehead atoms. The van der Waals surface area contributed by atoms with Crippen LogP contribution in [0.3, 0.4) is 0 Å². The average molecular weight is 257 g/mol. The molecule has 0 aromatic carbocycles. The zero-order valence-electron chi connectivity index (χ0n) is 11.9. The van der Waals surface area contributed by atoms with Crippen molar-refractivity contribution in [3.63, 3.8) is 0 Å². The first-order chi connectivity index (χ1) is 8.49. The number of nitrogens with zero attached hydrogens (tertiary/aromatic N) is 1. The lowest BCUT2D eigenvalue weighted by atomic mass is 10.00. The highest BCUT2D eigenvalue weighted by Crippen LogP contribution is 2.19. The Labute approximate surface area is 110 Å². The number of carboxylic acids is 1. The van der Waals surface area contributed by atoms with Gasteiger partial charge in [-0.05, 0) is 32.1 Å². The molecule has 1 atom stereocenters. The number of rotatable bonds is 7. The van der Waals surface area contributed by atoms with Gasteiger partial charge in [0.15, 0.2) is 0 Å². The number of piperidine rings is 1. The molecule has 1 rings (SSSR count). The van der Waals surface area contributed by atoms with Gasteiger partial charge >= 0.3 is 5.97 Å². The molecular formula is C14H27NO3. The maximum absolute atomic E-state index is 10.4. The minimum atomic E-state index is -0.780. The zero-order chi connectivity index (χ0) is 13.5. The minimum absolute atomic E-state index is 0.115. The van der Waals surface area contributed by atoms with Gasteiger partial charge in [-0.3, -0.25) is 4.79 Å².